The van der Waals surface area contributed by atoms with Crippen LogP contribution in [0.25, 0.3) is 0 Å². The van der Waals surface area contributed by atoms with Crippen LogP contribution < -0.4 is 0 Å². The number of rotatable bonds is 6. The van der Waals surface area contributed by atoms with Crippen LogP contribution in [0.1, 0.15) is 26.2 Å². The van der Waals surface area contributed by atoms with Crippen LogP contribution in [0.2, 0.25) is 0 Å². The van der Waals surface area contributed by atoms with Crippen molar-refractivity contribution in [2.24, 2.45) is 0 Å². The van der Waals surface area contributed by atoms with Gasteiger partial charge in [-0.05, 0) is 12.5 Å². The van der Waals surface area contributed by atoms with Crippen molar-refractivity contribution in [2.75, 3.05) is 0 Å². The van der Waals surface area contributed by atoms with Gasteiger partial charge >= 0.3 is 0 Å². The largest absolute Gasteiger partial charge is 0.498 e. The molecule has 0 aromatic carbocycles. The summed E-state index contributed by atoms with van der Waals surface area (Å²) >= 11 is 0. The Hall–Kier alpha value is -0.980. The molecule has 0 bridgehead atoms. The van der Waals surface area contributed by atoms with Crippen LogP contribution in [0.3, 0.4) is 0 Å². The Morgan fingerprint density at radius 3 is 2.58 bits per heavy atom. The van der Waals surface area contributed by atoms with Crippen molar-refractivity contribution in [3.63, 3.8) is 0 Å². The molecule has 0 fully saturated rings. The summed E-state index contributed by atoms with van der Waals surface area (Å²) in [6, 6.07) is 0. The maximum atomic E-state index is 4.48. The quantitative estimate of drug-likeness (QED) is 0.332. The summed E-state index contributed by atoms with van der Waals surface area (Å²) in [7, 11) is 3.21. The van der Waals surface area contributed by atoms with Crippen molar-refractivity contribution >= 4 is 0 Å². The zero-order valence-electron chi connectivity index (χ0n) is 7.70. The molecule has 0 atom stereocenters. The Morgan fingerprint density at radius 1 is 1.17 bits per heavy atom. The molecule has 67 valence electrons. The lowest BCUT2D eigenvalue weighted by Gasteiger charge is -1.85. The van der Waals surface area contributed by atoms with Crippen LogP contribution in [0.4, 0.5) is 0 Å². The van der Waals surface area contributed by atoms with Gasteiger partial charge in [0, 0.05) is 0 Å². The predicted molar refractivity (Wildman–Crippen MR) is 53.4 cm³/mol. The fourth-order valence-electron chi connectivity index (χ4n) is 0.726. The Bertz CT molecular complexity index is 154. The van der Waals surface area contributed by atoms with Gasteiger partial charge in [0.1, 0.15) is 7.11 Å². The van der Waals surface area contributed by atoms with Gasteiger partial charge in [-0.15, -0.1) is 0 Å². The van der Waals surface area contributed by atoms with Gasteiger partial charge in [-0.25, -0.2) is 0 Å². The fourth-order valence-corrected chi connectivity index (χ4v) is 0.726. The summed E-state index contributed by atoms with van der Waals surface area (Å²) in [6.45, 7) is 2.19. The lowest BCUT2D eigenvalue weighted by molar-refractivity contribution is 0.394. The molecule has 0 aromatic heterocycles. The van der Waals surface area contributed by atoms with Crippen LogP contribution in [-0.2, 0) is 4.74 Å². The van der Waals surface area contributed by atoms with Gasteiger partial charge in [-0.1, -0.05) is 44.1 Å². The van der Waals surface area contributed by atoms with E-state index in [-0.39, 0.29) is 0 Å². The van der Waals surface area contributed by atoms with Crippen molar-refractivity contribution in [2.45, 2.75) is 26.2 Å². The first kappa shape index (κ1) is 11.0. The highest BCUT2D eigenvalue weighted by Crippen LogP contribution is 1.94. The molecule has 0 aliphatic carbocycles. The Kier molecular flexibility index (Phi) is 9.20. The van der Waals surface area contributed by atoms with E-state index in [4.69, 9.17) is 0 Å². The van der Waals surface area contributed by atoms with Crippen molar-refractivity contribution in [1.29, 1.82) is 0 Å². The Balaban J connectivity index is 3.32. The van der Waals surface area contributed by atoms with Crippen molar-refractivity contribution in [3.05, 3.63) is 43.8 Å². The Labute approximate surface area is 75.4 Å². The second-order valence-corrected chi connectivity index (χ2v) is 2.45. The van der Waals surface area contributed by atoms with Crippen molar-refractivity contribution < 1.29 is 4.74 Å². The second kappa shape index (κ2) is 10.0. The molecule has 0 spiro atoms. The topological polar surface area (TPSA) is 9.23 Å². The molecule has 0 heterocycles. The maximum absolute atomic E-state index is 4.48. The number of unbranched alkanes of at least 4 members (excludes halogenated alkanes) is 2. The smallest absolute Gasteiger partial charge is 0.121 e. The lowest BCUT2D eigenvalue weighted by atomic mass is 10.2. The maximum Gasteiger partial charge on any atom is 0.121 e. The summed E-state index contributed by atoms with van der Waals surface area (Å²) in [5.41, 5.74) is 0. The molecule has 0 aliphatic rings. The minimum absolute atomic E-state index is 1.16. The van der Waals surface area contributed by atoms with Gasteiger partial charge in [-0.2, -0.15) is 0 Å². The van der Waals surface area contributed by atoms with E-state index in [0.29, 0.717) is 0 Å². The summed E-state index contributed by atoms with van der Waals surface area (Å²) in [5.74, 6) is 0. The number of hydrogen-bond donors (Lipinski definition) is 0. The zero-order chi connectivity index (χ0) is 9.07. The second-order valence-electron chi connectivity index (χ2n) is 2.45. The molecule has 0 unspecified atom stereocenters. The van der Waals surface area contributed by atoms with Crippen LogP contribution >= 0.6 is 0 Å². The normalized spacial score (nSPS) is 12.2. The first-order valence-electron chi connectivity index (χ1n) is 4.31. The average molecular weight is 165 g/mol. The Morgan fingerprint density at radius 2 is 1.92 bits per heavy atom. The van der Waals surface area contributed by atoms with Crippen molar-refractivity contribution in [1.82, 2.24) is 0 Å². The minimum atomic E-state index is 1.16. The SMILES string of the molecule is [CH2]OC=CC=CC=CCCCC. The van der Waals surface area contributed by atoms with Gasteiger partial charge in [0.25, 0.3) is 0 Å². The fraction of sp³-hybridized carbons (Fsp3) is 0.364. The summed E-state index contributed by atoms with van der Waals surface area (Å²) in [4.78, 5) is 0. The monoisotopic (exact) mass is 165 g/mol. The third-order valence-electron chi connectivity index (χ3n) is 1.37. The molecular formula is C11H17O. The van der Waals surface area contributed by atoms with Crippen LogP contribution in [0.5, 0.6) is 0 Å². The van der Waals surface area contributed by atoms with Gasteiger partial charge in [0.15, 0.2) is 0 Å². The third kappa shape index (κ3) is 9.02. The molecule has 0 aromatic rings. The molecular weight excluding hydrogens is 148 g/mol. The first-order valence-corrected chi connectivity index (χ1v) is 4.31. The molecule has 0 N–H and O–H groups in total. The average Bonchev–Trinajstić information content (AvgIpc) is 2.10. The van der Waals surface area contributed by atoms with Gasteiger partial charge in [0.2, 0.25) is 0 Å². The molecule has 12 heavy (non-hydrogen) atoms. The first-order chi connectivity index (χ1) is 5.91. The molecule has 1 radical (unpaired) electrons. The predicted octanol–water partition coefficient (Wildman–Crippen LogP) is 3.61. The summed E-state index contributed by atoms with van der Waals surface area (Å²) < 4.78 is 4.48. The number of ether oxygens (including phenoxy) is 1. The van der Waals surface area contributed by atoms with E-state index >= 15 is 0 Å². The third-order valence-corrected chi connectivity index (χ3v) is 1.37. The van der Waals surface area contributed by atoms with E-state index in [1.54, 1.807) is 6.08 Å². The van der Waals surface area contributed by atoms with Gasteiger partial charge < -0.3 is 4.74 Å². The van der Waals surface area contributed by atoms with E-state index in [0.717, 1.165) is 6.42 Å². The van der Waals surface area contributed by atoms with Crippen LogP contribution in [-0.4, -0.2) is 0 Å². The highest BCUT2D eigenvalue weighted by atomic mass is 16.5. The van der Waals surface area contributed by atoms with Crippen molar-refractivity contribution in [3.8, 4) is 0 Å². The lowest BCUT2D eigenvalue weighted by Crippen LogP contribution is -1.64. The van der Waals surface area contributed by atoms with E-state index in [2.05, 4.69) is 24.8 Å². The van der Waals surface area contributed by atoms with E-state index in [9.17, 15) is 0 Å². The number of hydrogen-bond acceptors (Lipinski definition) is 1. The van der Waals surface area contributed by atoms with Gasteiger partial charge in [0.05, 0.1) is 6.26 Å². The molecule has 0 aliphatic heterocycles. The van der Waals surface area contributed by atoms with Crippen LogP contribution in [0.15, 0.2) is 36.6 Å². The summed E-state index contributed by atoms with van der Waals surface area (Å²) in [5, 5.41) is 0. The molecule has 0 saturated carbocycles. The molecule has 0 saturated heterocycles. The molecule has 1 heteroatoms. The highest BCUT2D eigenvalue weighted by Gasteiger charge is 1.74. The van der Waals surface area contributed by atoms with E-state index in [1.165, 1.54) is 19.1 Å². The number of allylic oxidation sites excluding steroid dienone is 5. The molecule has 1 nitrogen and oxygen atoms in total. The standard InChI is InChI=1S/C11H17O/c1-3-4-5-6-7-8-9-10-11-12-2/h6-11H,2-5H2,1H3. The van der Waals surface area contributed by atoms with E-state index < -0.39 is 0 Å². The molecule has 0 amide bonds. The summed E-state index contributed by atoms with van der Waals surface area (Å²) in [6.07, 6.45) is 15.1. The van der Waals surface area contributed by atoms with E-state index in [1.807, 2.05) is 18.2 Å². The highest BCUT2D eigenvalue weighted by molar-refractivity contribution is 5.09. The van der Waals surface area contributed by atoms with Gasteiger partial charge in [-0.3, -0.25) is 0 Å². The van der Waals surface area contributed by atoms with Crippen LogP contribution in [0, 0.1) is 7.11 Å². The zero-order valence-corrected chi connectivity index (χ0v) is 7.70. The molecule has 0 rings (SSSR count). The minimum Gasteiger partial charge on any atom is -0.498 e.